The molecule has 0 bridgehead atoms. The van der Waals surface area contributed by atoms with Crippen molar-refractivity contribution in [2.75, 3.05) is 0 Å². The molecule has 0 atom stereocenters. The third kappa shape index (κ3) is 0.800. The predicted octanol–water partition coefficient (Wildman–Crippen LogP) is 1.56. The fourth-order valence-corrected chi connectivity index (χ4v) is 2.09. The van der Waals surface area contributed by atoms with Crippen molar-refractivity contribution in [2.45, 2.75) is 13.0 Å². The molecular weight excluding hydrogens is 162 g/mol. The van der Waals surface area contributed by atoms with Crippen LogP contribution in [0.3, 0.4) is 0 Å². The quantitative estimate of drug-likeness (QED) is 0.589. The highest BCUT2D eigenvalue weighted by Crippen LogP contribution is 2.22. The van der Waals surface area contributed by atoms with Gasteiger partial charge in [-0.1, -0.05) is 18.2 Å². The molecule has 2 heterocycles. The van der Waals surface area contributed by atoms with Gasteiger partial charge in [-0.05, 0) is 23.4 Å². The van der Waals surface area contributed by atoms with Gasteiger partial charge in [0.05, 0.1) is 5.52 Å². The number of rotatable bonds is 0. The van der Waals surface area contributed by atoms with Crippen LogP contribution in [0.15, 0.2) is 35.1 Å². The zero-order valence-electron chi connectivity index (χ0n) is 7.16. The number of aryl methyl sites for hydroxylation is 2. The lowest BCUT2D eigenvalue weighted by atomic mass is 10.1. The summed E-state index contributed by atoms with van der Waals surface area (Å²) in [5.74, 6) is 0. The van der Waals surface area contributed by atoms with Crippen LogP contribution in [0.25, 0.3) is 10.9 Å². The van der Waals surface area contributed by atoms with Crippen molar-refractivity contribution in [2.24, 2.45) is 0 Å². The Hall–Kier alpha value is -1.57. The summed E-state index contributed by atoms with van der Waals surface area (Å²) in [6.45, 7) is 0.843. The summed E-state index contributed by atoms with van der Waals surface area (Å²) in [5, 5.41) is 1.18. The largest absolute Gasteiger partial charge is 0.308 e. The van der Waals surface area contributed by atoms with E-state index in [4.69, 9.17) is 0 Å². The number of nitrogens with zero attached hydrogens (tertiary/aromatic N) is 1. The Bertz CT molecular complexity index is 539. The van der Waals surface area contributed by atoms with Crippen LogP contribution in [0.1, 0.15) is 5.56 Å². The molecule has 2 heteroatoms. The van der Waals surface area contributed by atoms with Gasteiger partial charge in [-0.3, -0.25) is 4.79 Å². The van der Waals surface area contributed by atoms with Crippen LogP contribution in [0.4, 0.5) is 0 Å². The van der Waals surface area contributed by atoms with E-state index in [-0.39, 0.29) is 5.56 Å². The molecule has 0 fully saturated rings. The van der Waals surface area contributed by atoms with Crippen molar-refractivity contribution in [3.8, 4) is 0 Å². The van der Waals surface area contributed by atoms with Gasteiger partial charge in [-0.15, -0.1) is 0 Å². The number of aromatic nitrogens is 1. The Balaban J connectivity index is 2.64. The van der Waals surface area contributed by atoms with Crippen molar-refractivity contribution in [3.05, 3.63) is 46.2 Å². The smallest absolute Gasteiger partial charge is 0.251 e. The highest BCUT2D eigenvalue weighted by atomic mass is 16.1. The zero-order chi connectivity index (χ0) is 8.84. The number of benzene rings is 1. The van der Waals surface area contributed by atoms with Gasteiger partial charge in [0.15, 0.2) is 0 Å². The lowest BCUT2D eigenvalue weighted by molar-refractivity contribution is 0.742. The molecule has 2 aromatic rings. The van der Waals surface area contributed by atoms with E-state index in [9.17, 15) is 4.79 Å². The van der Waals surface area contributed by atoms with E-state index in [1.165, 1.54) is 10.9 Å². The fraction of sp³-hybridized carbons (Fsp3) is 0.182. The third-order valence-corrected chi connectivity index (χ3v) is 2.70. The summed E-state index contributed by atoms with van der Waals surface area (Å²) in [7, 11) is 0. The van der Waals surface area contributed by atoms with E-state index in [0.29, 0.717) is 0 Å². The minimum absolute atomic E-state index is 0.123. The molecule has 3 rings (SSSR count). The van der Waals surface area contributed by atoms with Crippen LogP contribution >= 0.6 is 0 Å². The monoisotopic (exact) mass is 171 g/mol. The maximum Gasteiger partial charge on any atom is 0.251 e. The normalized spacial score (nSPS) is 13.8. The summed E-state index contributed by atoms with van der Waals surface area (Å²) in [6, 6.07) is 9.77. The van der Waals surface area contributed by atoms with Gasteiger partial charge in [-0.2, -0.15) is 0 Å². The van der Waals surface area contributed by atoms with Crippen molar-refractivity contribution < 1.29 is 0 Å². The Morgan fingerprint density at radius 2 is 2.08 bits per heavy atom. The second-order valence-corrected chi connectivity index (χ2v) is 3.43. The summed E-state index contributed by atoms with van der Waals surface area (Å²) in [4.78, 5) is 11.5. The summed E-state index contributed by atoms with van der Waals surface area (Å²) in [6.07, 6.45) is 0.997. The first-order valence-corrected chi connectivity index (χ1v) is 4.48. The van der Waals surface area contributed by atoms with Gasteiger partial charge in [-0.25, -0.2) is 0 Å². The lowest BCUT2D eigenvalue weighted by Gasteiger charge is -2.01. The van der Waals surface area contributed by atoms with Crippen molar-refractivity contribution >= 4 is 10.9 Å². The van der Waals surface area contributed by atoms with E-state index in [1.807, 2.05) is 10.6 Å². The number of hydrogen-bond acceptors (Lipinski definition) is 1. The SMILES string of the molecule is O=c1ccc2cccc3c2n1CC3. The molecule has 13 heavy (non-hydrogen) atoms. The predicted molar refractivity (Wildman–Crippen MR) is 51.9 cm³/mol. The molecule has 1 aromatic heterocycles. The third-order valence-electron chi connectivity index (χ3n) is 2.70. The summed E-state index contributed by atoms with van der Waals surface area (Å²) >= 11 is 0. The number of hydrogen-bond donors (Lipinski definition) is 0. The molecule has 0 unspecified atom stereocenters. The van der Waals surface area contributed by atoms with Gasteiger partial charge in [0, 0.05) is 12.6 Å². The van der Waals surface area contributed by atoms with Gasteiger partial charge in [0.25, 0.3) is 5.56 Å². The van der Waals surface area contributed by atoms with E-state index >= 15 is 0 Å². The van der Waals surface area contributed by atoms with Gasteiger partial charge >= 0.3 is 0 Å². The van der Waals surface area contributed by atoms with Crippen molar-refractivity contribution in [1.29, 1.82) is 0 Å². The van der Waals surface area contributed by atoms with Gasteiger partial charge in [0.1, 0.15) is 0 Å². The molecule has 0 saturated carbocycles. The van der Waals surface area contributed by atoms with E-state index in [0.717, 1.165) is 18.5 Å². The zero-order valence-corrected chi connectivity index (χ0v) is 7.16. The van der Waals surface area contributed by atoms with Crippen LogP contribution in [-0.4, -0.2) is 4.57 Å². The molecular formula is C11H9NO. The highest BCUT2D eigenvalue weighted by Gasteiger charge is 2.13. The molecule has 1 aromatic carbocycles. The van der Waals surface area contributed by atoms with Crippen LogP contribution in [0, 0.1) is 0 Å². The Morgan fingerprint density at radius 3 is 3.00 bits per heavy atom. The Labute approximate surface area is 75.4 Å². The topological polar surface area (TPSA) is 22.0 Å². The van der Waals surface area contributed by atoms with Gasteiger partial charge in [0.2, 0.25) is 0 Å². The molecule has 0 aliphatic carbocycles. The first kappa shape index (κ1) is 6.89. The van der Waals surface area contributed by atoms with Crippen LogP contribution in [0.5, 0.6) is 0 Å². The number of para-hydroxylation sites is 1. The molecule has 64 valence electrons. The average molecular weight is 171 g/mol. The van der Waals surface area contributed by atoms with Crippen LogP contribution in [0.2, 0.25) is 0 Å². The van der Waals surface area contributed by atoms with Crippen molar-refractivity contribution in [1.82, 2.24) is 4.57 Å². The van der Waals surface area contributed by atoms with Crippen molar-refractivity contribution in [3.63, 3.8) is 0 Å². The lowest BCUT2D eigenvalue weighted by Crippen LogP contribution is -2.15. The molecule has 0 saturated heterocycles. The summed E-state index contributed by atoms with van der Waals surface area (Å²) < 4.78 is 1.87. The van der Waals surface area contributed by atoms with Crippen LogP contribution in [-0.2, 0) is 13.0 Å². The first-order valence-electron chi connectivity index (χ1n) is 4.48. The minimum atomic E-state index is 0.123. The standard InChI is InChI=1S/C11H9NO/c13-10-5-4-8-2-1-3-9-6-7-12(10)11(8)9/h1-5H,6-7H2. The second kappa shape index (κ2) is 2.22. The molecule has 0 N–H and O–H groups in total. The van der Waals surface area contributed by atoms with E-state index < -0.39 is 0 Å². The molecule has 1 aliphatic rings. The maximum atomic E-state index is 11.5. The Kier molecular flexibility index (Phi) is 1.18. The van der Waals surface area contributed by atoms with E-state index in [1.54, 1.807) is 6.07 Å². The minimum Gasteiger partial charge on any atom is -0.308 e. The first-order chi connectivity index (χ1) is 6.36. The number of pyridine rings is 1. The molecule has 2 nitrogen and oxygen atoms in total. The Morgan fingerprint density at radius 1 is 1.15 bits per heavy atom. The second-order valence-electron chi connectivity index (χ2n) is 3.43. The summed E-state index contributed by atoms with van der Waals surface area (Å²) in [5.41, 5.74) is 2.56. The molecule has 0 radical (unpaired) electrons. The maximum absolute atomic E-state index is 11.5. The fourth-order valence-electron chi connectivity index (χ4n) is 2.09. The van der Waals surface area contributed by atoms with E-state index in [2.05, 4.69) is 18.2 Å². The average Bonchev–Trinajstić information content (AvgIpc) is 2.57. The van der Waals surface area contributed by atoms with Crippen LogP contribution < -0.4 is 5.56 Å². The molecule has 0 spiro atoms. The highest BCUT2D eigenvalue weighted by molar-refractivity contribution is 5.83. The molecule has 0 amide bonds. The molecule has 1 aliphatic heterocycles. The van der Waals surface area contributed by atoms with Gasteiger partial charge < -0.3 is 4.57 Å².